The second-order valence-corrected chi connectivity index (χ2v) is 10.3. The van der Waals surface area contributed by atoms with Crippen molar-refractivity contribution in [1.82, 2.24) is 0 Å². The summed E-state index contributed by atoms with van der Waals surface area (Å²) < 4.78 is 21.7. The minimum atomic E-state index is -0.584. The summed E-state index contributed by atoms with van der Waals surface area (Å²) in [6.45, 7) is 6.45. The first-order chi connectivity index (χ1) is 19.9. The predicted octanol–water partition coefficient (Wildman–Crippen LogP) is 6.90. The summed E-state index contributed by atoms with van der Waals surface area (Å²) in [6, 6.07) is 11.0. The molecule has 41 heavy (non-hydrogen) atoms. The van der Waals surface area contributed by atoms with Crippen LogP contribution in [0.4, 0.5) is 0 Å². The highest BCUT2D eigenvalue weighted by Gasteiger charge is 2.28. The Morgan fingerprint density at radius 1 is 0.878 bits per heavy atom. The minimum absolute atomic E-state index is 0.143. The zero-order chi connectivity index (χ0) is 29.5. The van der Waals surface area contributed by atoms with Crippen molar-refractivity contribution in [2.75, 3.05) is 13.2 Å². The first-order valence-electron chi connectivity index (χ1n) is 14.5. The van der Waals surface area contributed by atoms with Gasteiger partial charge in [0.1, 0.15) is 17.2 Å². The van der Waals surface area contributed by atoms with Crippen molar-refractivity contribution >= 4 is 24.2 Å². The lowest BCUT2D eigenvalue weighted by atomic mass is 9.80. The second-order valence-electron chi connectivity index (χ2n) is 10.3. The Labute approximate surface area is 242 Å². The predicted molar refractivity (Wildman–Crippen MR) is 154 cm³/mol. The highest BCUT2D eigenvalue weighted by atomic mass is 16.5. The number of carbonyl (C=O) groups is 4. The fourth-order valence-corrected chi connectivity index (χ4v) is 4.89. The van der Waals surface area contributed by atoms with Crippen molar-refractivity contribution in [3.8, 4) is 17.2 Å². The normalized spacial score (nSPS) is 16.3. The Kier molecular flexibility index (Phi) is 13.1. The molecule has 8 nitrogen and oxygen atoms in total. The van der Waals surface area contributed by atoms with Crippen LogP contribution in [0.15, 0.2) is 55.1 Å². The van der Waals surface area contributed by atoms with Gasteiger partial charge in [-0.1, -0.05) is 26.3 Å². The largest absolute Gasteiger partial charge is 0.494 e. The molecule has 8 heteroatoms. The molecule has 1 saturated carbocycles. The van der Waals surface area contributed by atoms with Gasteiger partial charge in [-0.05, 0) is 99.7 Å². The van der Waals surface area contributed by atoms with E-state index in [0.29, 0.717) is 36.7 Å². The van der Waals surface area contributed by atoms with Gasteiger partial charge in [-0.3, -0.25) is 9.59 Å². The minimum Gasteiger partial charge on any atom is -0.494 e. The van der Waals surface area contributed by atoms with Crippen LogP contribution in [0, 0.1) is 11.8 Å². The Bertz CT molecular complexity index is 1160. The van der Waals surface area contributed by atoms with Crippen molar-refractivity contribution in [3.05, 3.63) is 66.2 Å². The van der Waals surface area contributed by atoms with E-state index >= 15 is 0 Å². The van der Waals surface area contributed by atoms with Crippen LogP contribution in [0.1, 0.15) is 91.8 Å². The molecule has 0 heterocycles. The number of aldehydes is 1. The van der Waals surface area contributed by atoms with Crippen molar-refractivity contribution < 1.29 is 38.1 Å². The number of esters is 3. The summed E-state index contributed by atoms with van der Waals surface area (Å²) in [5, 5.41) is 0. The molecular weight excluding hydrogens is 524 g/mol. The van der Waals surface area contributed by atoms with Crippen LogP contribution >= 0.6 is 0 Å². The summed E-state index contributed by atoms with van der Waals surface area (Å²) in [4.78, 5) is 48.0. The smallest absolute Gasteiger partial charge is 0.343 e. The molecule has 220 valence electrons. The Balaban J connectivity index is 1.42. The van der Waals surface area contributed by atoms with E-state index < -0.39 is 11.9 Å². The summed E-state index contributed by atoms with van der Waals surface area (Å²) >= 11 is 0. The molecule has 0 bridgehead atoms. The molecule has 0 atom stereocenters. The Hall–Kier alpha value is -3.94. The maximum absolute atomic E-state index is 12.7. The van der Waals surface area contributed by atoms with Crippen molar-refractivity contribution in [2.45, 2.75) is 71.1 Å². The maximum atomic E-state index is 12.7. The van der Waals surface area contributed by atoms with E-state index in [0.717, 1.165) is 63.9 Å². The Morgan fingerprint density at radius 2 is 1.56 bits per heavy atom. The molecule has 2 aromatic carbocycles. The first-order valence-corrected chi connectivity index (χ1v) is 14.5. The molecule has 2 aromatic rings. The van der Waals surface area contributed by atoms with Gasteiger partial charge in [-0.2, -0.15) is 0 Å². The van der Waals surface area contributed by atoms with Gasteiger partial charge in [0, 0.05) is 6.08 Å². The number of ether oxygens (including phenoxy) is 4. The zero-order valence-corrected chi connectivity index (χ0v) is 23.8. The van der Waals surface area contributed by atoms with E-state index in [2.05, 4.69) is 13.5 Å². The molecule has 0 spiro atoms. The molecule has 3 rings (SSSR count). The van der Waals surface area contributed by atoms with E-state index in [1.807, 2.05) is 0 Å². The first kappa shape index (κ1) is 31.6. The third-order valence-electron chi connectivity index (χ3n) is 7.21. The number of benzene rings is 2. The summed E-state index contributed by atoms with van der Waals surface area (Å²) in [5.41, 5.74) is 0.470. The molecule has 1 aliphatic rings. The van der Waals surface area contributed by atoms with Gasteiger partial charge >= 0.3 is 17.9 Å². The van der Waals surface area contributed by atoms with E-state index in [9.17, 15) is 19.2 Å². The third kappa shape index (κ3) is 10.5. The number of hydrogen-bond donors (Lipinski definition) is 0. The topological polar surface area (TPSA) is 105 Å². The molecule has 1 fully saturated rings. The van der Waals surface area contributed by atoms with Crippen LogP contribution in [0.25, 0.3) is 0 Å². The average Bonchev–Trinajstić information content (AvgIpc) is 2.99. The molecule has 0 amide bonds. The highest BCUT2D eigenvalue weighted by molar-refractivity contribution is 5.91. The van der Waals surface area contributed by atoms with Crippen LogP contribution < -0.4 is 14.2 Å². The van der Waals surface area contributed by atoms with Crippen molar-refractivity contribution in [1.29, 1.82) is 0 Å². The quantitative estimate of drug-likeness (QED) is 0.0713. The molecule has 0 unspecified atom stereocenters. The van der Waals surface area contributed by atoms with Crippen LogP contribution in [-0.2, 0) is 14.3 Å². The molecule has 0 saturated heterocycles. The fourth-order valence-electron chi connectivity index (χ4n) is 4.89. The molecule has 0 aliphatic heterocycles. The average molecular weight is 565 g/mol. The van der Waals surface area contributed by atoms with Crippen molar-refractivity contribution in [2.24, 2.45) is 11.8 Å². The lowest BCUT2D eigenvalue weighted by Crippen LogP contribution is -2.26. The zero-order valence-electron chi connectivity index (χ0n) is 23.8. The van der Waals surface area contributed by atoms with Crippen LogP contribution in [0.5, 0.6) is 17.2 Å². The van der Waals surface area contributed by atoms with Gasteiger partial charge in [0.05, 0.1) is 30.3 Å². The summed E-state index contributed by atoms with van der Waals surface area (Å²) in [6.07, 6.45) is 11.2. The number of unbranched alkanes of at least 4 members (excludes halogenated alkanes) is 3. The van der Waals surface area contributed by atoms with Gasteiger partial charge in [-0.25, -0.2) is 9.59 Å². The van der Waals surface area contributed by atoms with E-state index in [4.69, 9.17) is 18.9 Å². The van der Waals surface area contributed by atoms with E-state index in [-0.39, 0.29) is 28.9 Å². The number of hydrogen-bond acceptors (Lipinski definition) is 8. The highest BCUT2D eigenvalue weighted by Crippen LogP contribution is 2.33. The van der Waals surface area contributed by atoms with Crippen molar-refractivity contribution in [3.63, 3.8) is 0 Å². The van der Waals surface area contributed by atoms with E-state index in [1.165, 1.54) is 24.6 Å². The maximum Gasteiger partial charge on any atom is 0.343 e. The van der Waals surface area contributed by atoms with Gasteiger partial charge in [0.15, 0.2) is 6.29 Å². The molecular formula is C33H40O8. The van der Waals surface area contributed by atoms with E-state index in [1.54, 1.807) is 24.3 Å². The Morgan fingerprint density at radius 3 is 2.22 bits per heavy atom. The van der Waals surface area contributed by atoms with Gasteiger partial charge in [-0.15, -0.1) is 0 Å². The lowest BCUT2D eigenvalue weighted by molar-refractivity contribution is -0.140. The number of rotatable bonds is 16. The monoisotopic (exact) mass is 564 g/mol. The van der Waals surface area contributed by atoms with Gasteiger partial charge in [0.25, 0.3) is 0 Å². The lowest BCUT2D eigenvalue weighted by Gasteiger charge is -2.27. The van der Waals surface area contributed by atoms with Crippen LogP contribution in [0.3, 0.4) is 0 Å². The molecule has 0 N–H and O–H groups in total. The standard InChI is InChI=1S/C33H40O8/c1-3-9-24-10-12-25(13-11-24)33(37)41-30-19-18-29(22-27(30)23-34)40-32(36)26-14-16-28(17-15-26)38-20-7-5-6-8-21-39-31(35)4-2/h4,14-19,22-25H,2-3,5-13,20-21H2,1H3. The summed E-state index contributed by atoms with van der Waals surface area (Å²) in [7, 11) is 0. The van der Waals surface area contributed by atoms with Gasteiger partial charge in [0.2, 0.25) is 0 Å². The fraction of sp³-hybridized carbons (Fsp3) is 0.455. The summed E-state index contributed by atoms with van der Waals surface area (Å²) in [5.74, 6) is 0.187. The number of carbonyl (C=O) groups excluding carboxylic acids is 4. The van der Waals surface area contributed by atoms with Crippen LogP contribution in [-0.4, -0.2) is 37.4 Å². The van der Waals surface area contributed by atoms with Gasteiger partial charge < -0.3 is 18.9 Å². The third-order valence-corrected chi connectivity index (χ3v) is 7.21. The van der Waals surface area contributed by atoms with Crippen LogP contribution in [0.2, 0.25) is 0 Å². The second kappa shape index (κ2) is 17.0. The molecule has 1 aliphatic carbocycles. The molecule has 0 radical (unpaired) electrons. The SMILES string of the molecule is C=CC(=O)OCCCCCCOc1ccc(C(=O)Oc2ccc(OC(=O)C3CCC(CCC)CC3)c(C=O)c2)cc1. The molecule has 0 aromatic heterocycles.